The number of benzene rings is 1. The Labute approximate surface area is 128 Å². The first-order valence-electron chi connectivity index (χ1n) is 8.89. The highest BCUT2D eigenvalue weighted by molar-refractivity contribution is 5.35. The summed E-state index contributed by atoms with van der Waals surface area (Å²) in [5.41, 5.74) is 4.58. The van der Waals surface area contributed by atoms with E-state index in [1.54, 1.807) is 11.1 Å². The van der Waals surface area contributed by atoms with E-state index in [0.29, 0.717) is 6.04 Å². The molecule has 3 aliphatic rings. The van der Waals surface area contributed by atoms with Gasteiger partial charge < -0.3 is 10.2 Å². The van der Waals surface area contributed by atoms with Crippen molar-refractivity contribution >= 4 is 0 Å². The number of piperidine rings is 1. The first kappa shape index (κ1) is 13.8. The lowest BCUT2D eigenvalue weighted by molar-refractivity contribution is 0.180. The van der Waals surface area contributed by atoms with Gasteiger partial charge in [0.25, 0.3) is 0 Å². The Balaban J connectivity index is 1.40. The van der Waals surface area contributed by atoms with Crippen LogP contribution >= 0.6 is 0 Å². The molecule has 21 heavy (non-hydrogen) atoms. The van der Waals surface area contributed by atoms with Crippen molar-refractivity contribution in [2.24, 2.45) is 0 Å². The molecule has 2 nitrogen and oxygen atoms in total. The predicted octanol–water partition coefficient (Wildman–Crippen LogP) is 3.59. The van der Waals surface area contributed by atoms with E-state index < -0.39 is 0 Å². The molecule has 0 aromatic heterocycles. The largest absolute Gasteiger partial charge is 0.307 e. The van der Waals surface area contributed by atoms with E-state index in [9.17, 15) is 0 Å². The van der Waals surface area contributed by atoms with Crippen LogP contribution in [-0.2, 0) is 6.42 Å². The van der Waals surface area contributed by atoms with Gasteiger partial charge in [-0.25, -0.2) is 0 Å². The molecule has 1 aromatic carbocycles. The Hall–Kier alpha value is -0.860. The average molecular weight is 284 g/mol. The van der Waals surface area contributed by atoms with Crippen molar-refractivity contribution in [2.45, 2.75) is 70.0 Å². The molecule has 2 heteroatoms. The van der Waals surface area contributed by atoms with Crippen LogP contribution in [0.25, 0.3) is 0 Å². The number of nitrogens with one attached hydrogen (secondary N) is 1. The Morgan fingerprint density at radius 3 is 2.62 bits per heavy atom. The molecule has 0 unspecified atom stereocenters. The quantitative estimate of drug-likeness (QED) is 0.912. The number of hydrogen-bond donors (Lipinski definition) is 1. The van der Waals surface area contributed by atoms with Gasteiger partial charge in [0, 0.05) is 18.1 Å². The lowest BCUT2D eigenvalue weighted by atomic mass is 9.86. The van der Waals surface area contributed by atoms with Gasteiger partial charge in [-0.1, -0.05) is 23.8 Å². The van der Waals surface area contributed by atoms with Gasteiger partial charge in [0.2, 0.25) is 0 Å². The second-order valence-corrected chi connectivity index (χ2v) is 7.36. The molecule has 1 heterocycles. The number of fused-ring (bicyclic) bond motifs is 1. The van der Waals surface area contributed by atoms with Gasteiger partial charge in [-0.3, -0.25) is 0 Å². The van der Waals surface area contributed by atoms with Crippen molar-refractivity contribution in [1.29, 1.82) is 0 Å². The fraction of sp³-hybridized carbons (Fsp3) is 0.684. The normalized spacial score (nSPS) is 27.6. The topological polar surface area (TPSA) is 15.3 Å². The zero-order chi connectivity index (χ0) is 14.2. The zero-order valence-electron chi connectivity index (χ0n) is 13.3. The van der Waals surface area contributed by atoms with E-state index >= 15 is 0 Å². The predicted molar refractivity (Wildman–Crippen MR) is 87.6 cm³/mol. The summed E-state index contributed by atoms with van der Waals surface area (Å²) in [5, 5.41) is 3.99. The third kappa shape index (κ3) is 3.02. The van der Waals surface area contributed by atoms with Crippen LogP contribution in [0.5, 0.6) is 0 Å². The summed E-state index contributed by atoms with van der Waals surface area (Å²) in [6.07, 6.45) is 9.52. The third-order valence-corrected chi connectivity index (χ3v) is 5.65. The van der Waals surface area contributed by atoms with E-state index in [1.807, 2.05) is 0 Å². The summed E-state index contributed by atoms with van der Waals surface area (Å²) >= 11 is 0. The molecule has 1 aliphatic heterocycles. The molecule has 0 amide bonds. The highest BCUT2D eigenvalue weighted by Gasteiger charge is 2.32. The fourth-order valence-corrected chi connectivity index (χ4v) is 4.25. The second-order valence-electron chi connectivity index (χ2n) is 7.36. The standard InChI is InChI=1S/C19H28N2/c1-14-5-6-15-3-2-4-19(18(15)13-14)20-16-9-11-21(12-10-16)17-7-8-17/h5-6,13,16-17,19-20H,2-4,7-12H2,1H3/t19-/m1/s1. The maximum absolute atomic E-state index is 3.99. The van der Waals surface area contributed by atoms with E-state index in [4.69, 9.17) is 0 Å². The highest BCUT2D eigenvalue weighted by atomic mass is 15.2. The van der Waals surface area contributed by atoms with E-state index in [-0.39, 0.29) is 0 Å². The summed E-state index contributed by atoms with van der Waals surface area (Å²) in [5.74, 6) is 0. The smallest absolute Gasteiger partial charge is 0.0325 e. The molecule has 0 bridgehead atoms. The van der Waals surface area contributed by atoms with Gasteiger partial charge in [0.15, 0.2) is 0 Å². The summed E-state index contributed by atoms with van der Waals surface area (Å²) in [4.78, 5) is 2.72. The minimum atomic E-state index is 0.603. The van der Waals surface area contributed by atoms with Crippen LogP contribution in [0.4, 0.5) is 0 Å². The van der Waals surface area contributed by atoms with Crippen LogP contribution in [-0.4, -0.2) is 30.1 Å². The van der Waals surface area contributed by atoms with Crippen LogP contribution in [0.3, 0.4) is 0 Å². The molecule has 4 rings (SSSR count). The van der Waals surface area contributed by atoms with E-state index in [0.717, 1.165) is 12.1 Å². The van der Waals surface area contributed by atoms with Gasteiger partial charge in [-0.05, 0) is 76.1 Å². The lowest BCUT2D eigenvalue weighted by Gasteiger charge is -2.36. The minimum Gasteiger partial charge on any atom is -0.307 e. The van der Waals surface area contributed by atoms with E-state index in [2.05, 4.69) is 35.3 Å². The van der Waals surface area contributed by atoms with Gasteiger partial charge in [0.05, 0.1) is 0 Å². The summed E-state index contributed by atoms with van der Waals surface area (Å²) in [6.45, 7) is 4.85. The van der Waals surface area contributed by atoms with Gasteiger partial charge >= 0.3 is 0 Å². The third-order valence-electron chi connectivity index (χ3n) is 5.65. The number of rotatable bonds is 3. The van der Waals surface area contributed by atoms with Gasteiger partial charge in [0.1, 0.15) is 0 Å². The van der Waals surface area contributed by atoms with Gasteiger partial charge in [-0.2, -0.15) is 0 Å². The fourth-order valence-electron chi connectivity index (χ4n) is 4.25. The molecular weight excluding hydrogens is 256 g/mol. The van der Waals surface area contributed by atoms with E-state index in [1.165, 1.54) is 63.6 Å². The second kappa shape index (κ2) is 5.73. The summed E-state index contributed by atoms with van der Waals surface area (Å²) in [7, 11) is 0. The van der Waals surface area contributed by atoms with Crippen LogP contribution < -0.4 is 5.32 Å². The van der Waals surface area contributed by atoms with Crippen LogP contribution in [0.1, 0.15) is 61.3 Å². The molecular formula is C19H28N2. The molecule has 1 saturated heterocycles. The van der Waals surface area contributed by atoms with Gasteiger partial charge in [-0.15, -0.1) is 0 Å². The Bertz CT molecular complexity index is 498. The monoisotopic (exact) mass is 284 g/mol. The Morgan fingerprint density at radius 1 is 1.05 bits per heavy atom. The molecule has 1 N–H and O–H groups in total. The summed E-state index contributed by atoms with van der Waals surface area (Å²) in [6, 6.07) is 9.33. The Kier molecular flexibility index (Phi) is 3.76. The minimum absolute atomic E-state index is 0.603. The number of nitrogens with zero attached hydrogens (tertiary/aromatic N) is 1. The zero-order valence-corrected chi connectivity index (χ0v) is 13.3. The van der Waals surface area contributed by atoms with Crippen molar-refractivity contribution in [3.8, 4) is 0 Å². The van der Waals surface area contributed by atoms with Crippen molar-refractivity contribution in [3.63, 3.8) is 0 Å². The first-order valence-corrected chi connectivity index (χ1v) is 8.89. The Morgan fingerprint density at radius 2 is 1.86 bits per heavy atom. The maximum atomic E-state index is 3.99. The SMILES string of the molecule is Cc1ccc2c(c1)[C@H](NC1CCN(C3CC3)CC1)CCC2. The van der Waals surface area contributed by atoms with Crippen LogP contribution in [0, 0.1) is 6.92 Å². The number of hydrogen-bond acceptors (Lipinski definition) is 2. The molecule has 1 aromatic rings. The maximum Gasteiger partial charge on any atom is 0.0325 e. The molecule has 1 saturated carbocycles. The molecule has 0 spiro atoms. The van der Waals surface area contributed by atoms with Crippen molar-refractivity contribution < 1.29 is 0 Å². The molecule has 114 valence electrons. The molecule has 1 atom stereocenters. The number of aryl methyl sites for hydroxylation is 2. The average Bonchev–Trinajstić information content (AvgIpc) is 3.33. The lowest BCUT2D eigenvalue weighted by Crippen LogP contribution is -2.44. The van der Waals surface area contributed by atoms with Crippen molar-refractivity contribution in [2.75, 3.05) is 13.1 Å². The van der Waals surface area contributed by atoms with Crippen LogP contribution in [0.2, 0.25) is 0 Å². The first-order chi connectivity index (χ1) is 10.3. The molecule has 2 aliphatic carbocycles. The van der Waals surface area contributed by atoms with Crippen LogP contribution in [0.15, 0.2) is 18.2 Å². The molecule has 2 fully saturated rings. The van der Waals surface area contributed by atoms with Crippen molar-refractivity contribution in [3.05, 3.63) is 34.9 Å². The number of likely N-dealkylation sites (tertiary alicyclic amines) is 1. The van der Waals surface area contributed by atoms with Crippen molar-refractivity contribution in [1.82, 2.24) is 10.2 Å². The molecule has 0 radical (unpaired) electrons. The summed E-state index contributed by atoms with van der Waals surface area (Å²) < 4.78 is 0. The highest BCUT2D eigenvalue weighted by Crippen LogP contribution is 2.33.